The summed E-state index contributed by atoms with van der Waals surface area (Å²) in [6.07, 6.45) is 8.40. The van der Waals surface area contributed by atoms with Crippen LogP contribution in [0.5, 0.6) is 0 Å². The van der Waals surface area contributed by atoms with Crippen LogP contribution in [0.15, 0.2) is 6.07 Å². The summed E-state index contributed by atoms with van der Waals surface area (Å²) < 4.78 is 2.02. The molecule has 0 aliphatic heterocycles. The summed E-state index contributed by atoms with van der Waals surface area (Å²) >= 11 is 0. The van der Waals surface area contributed by atoms with Gasteiger partial charge in [-0.25, -0.2) is 0 Å². The maximum absolute atomic E-state index is 6.67. The van der Waals surface area contributed by atoms with Crippen molar-refractivity contribution in [3.05, 3.63) is 17.5 Å². The molecular formula is C17H27N3. The fraction of sp³-hybridized carbons (Fsp3) is 0.824. The fourth-order valence-electron chi connectivity index (χ4n) is 5.90. The minimum Gasteiger partial charge on any atom is -0.327 e. The normalized spacial score (nSPS) is 40.2. The third kappa shape index (κ3) is 2.02. The van der Waals surface area contributed by atoms with E-state index in [-0.39, 0.29) is 0 Å². The highest BCUT2D eigenvalue weighted by Gasteiger charge is 2.49. The SMILES string of the molecule is Cc1cc(CC(N)C2C3CC4CC(C3)CC2C4)n(C)n1. The lowest BCUT2D eigenvalue weighted by Gasteiger charge is -2.56. The number of nitrogens with two attached hydrogens (primary N) is 1. The van der Waals surface area contributed by atoms with Crippen LogP contribution in [0, 0.1) is 36.5 Å². The third-order valence-corrected chi connectivity index (χ3v) is 6.34. The number of rotatable bonds is 3. The minimum absolute atomic E-state index is 0.333. The molecule has 1 aromatic heterocycles. The Balaban J connectivity index is 1.51. The number of aromatic nitrogens is 2. The first kappa shape index (κ1) is 12.9. The Morgan fingerprint density at radius 3 is 2.30 bits per heavy atom. The van der Waals surface area contributed by atoms with Crippen molar-refractivity contribution in [1.82, 2.24) is 9.78 Å². The molecule has 4 fully saturated rings. The van der Waals surface area contributed by atoms with Crippen molar-refractivity contribution in [3.8, 4) is 0 Å². The highest BCUT2D eigenvalue weighted by atomic mass is 15.3. The summed E-state index contributed by atoms with van der Waals surface area (Å²) in [5.41, 5.74) is 9.09. The molecule has 20 heavy (non-hydrogen) atoms. The van der Waals surface area contributed by atoms with Crippen LogP contribution in [0.1, 0.15) is 43.5 Å². The van der Waals surface area contributed by atoms with Gasteiger partial charge in [-0.3, -0.25) is 4.68 Å². The van der Waals surface area contributed by atoms with Crippen LogP contribution in [-0.4, -0.2) is 15.8 Å². The third-order valence-electron chi connectivity index (χ3n) is 6.34. The number of nitrogens with zero attached hydrogens (tertiary/aromatic N) is 2. The Morgan fingerprint density at radius 2 is 1.80 bits per heavy atom. The van der Waals surface area contributed by atoms with E-state index in [2.05, 4.69) is 18.1 Å². The van der Waals surface area contributed by atoms with Gasteiger partial charge in [0.25, 0.3) is 0 Å². The van der Waals surface area contributed by atoms with E-state index in [9.17, 15) is 0 Å². The minimum atomic E-state index is 0.333. The van der Waals surface area contributed by atoms with Gasteiger partial charge in [-0.15, -0.1) is 0 Å². The maximum Gasteiger partial charge on any atom is 0.0596 e. The van der Waals surface area contributed by atoms with E-state index in [0.29, 0.717) is 6.04 Å². The molecule has 5 rings (SSSR count). The molecule has 0 aromatic carbocycles. The zero-order valence-electron chi connectivity index (χ0n) is 12.8. The average molecular weight is 273 g/mol. The van der Waals surface area contributed by atoms with Crippen LogP contribution in [0.25, 0.3) is 0 Å². The van der Waals surface area contributed by atoms with Crippen LogP contribution in [0.2, 0.25) is 0 Å². The van der Waals surface area contributed by atoms with Crippen LogP contribution in [0.3, 0.4) is 0 Å². The number of hydrogen-bond acceptors (Lipinski definition) is 2. The van der Waals surface area contributed by atoms with Gasteiger partial charge in [-0.05, 0) is 74.7 Å². The van der Waals surface area contributed by atoms with Crippen LogP contribution < -0.4 is 5.73 Å². The van der Waals surface area contributed by atoms with Gasteiger partial charge in [0, 0.05) is 25.2 Å². The summed E-state index contributed by atoms with van der Waals surface area (Å²) in [6, 6.07) is 2.54. The van der Waals surface area contributed by atoms with Gasteiger partial charge in [0.1, 0.15) is 0 Å². The largest absolute Gasteiger partial charge is 0.327 e. The lowest BCUT2D eigenvalue weighted by Crippen LogP contribution is -2.52. The van der Waals surface area contributed by atoms with Gasteiger partial charge < -0.3 is 5.73 Å². The zero-order valence-corrected chi connectivity index (χ0v) is 12.8. The van der Waals surface area contributed by atoms with Gasteiger partial charge >= 0.3 is 0 Å². The van der Waals surface area contributed by atoms with Crippen molar-refractivity contribution in [2.24, 2.45) is 42.4 Å². The van der Waals surface area contributed by atoms with E-state index in [0.717, 1.165) is 41.7 Å². The van der Waals surface area contributed by atoms with E-state index < -0.39 is 0 Å². The summed E-state index contributed by atoms with van der Waals surface area (Å²) in [6.45, 7) is 2.07. The second-order valence-electron chi connectivity index (χ2n) is 7.78. The van der Waals surface area contributed by atoms with Crippen molar-refractivity contribution in [2.45, 2.75) is 51.5 Å². The summed E-state index contributed by atoms with van der Waals surface area (Å²) in [5.74, 6) is 4.71. The Bertz CT molecular complexity index is 476. The molecule has 4 saturated carbocycles. The van der Waals surface area contributed by atoms with Crippen LogP contribution >= 0.6 is 0 Å². The Morgan fingerprint density at radius 1 is 1.20 bits per heavy atom. The smallest absolute Gasteiger partial charge is 0.0596 e. The molecule has 1 aromatic rings. The highest BCUT2D eigenvalue weighted by molar-refractivity contribution is 5.11. The van der Waals surface area contributed by atoms with Gasteiger partial charge in [-0.2, -0.15) is 5.10 Å². The molecule has 0 amide bonds. The second kappa shape index (κ2) is 4.59. The summed E-state index contributed by atoms with van der Waals surface area (Å²) in [4.78, 5) is 0. The molecule has 0 spiro atoms. The second-order valence-corrected chi connectivity index (χ2v) is 7.78. The van der Waals surface area contributed by atoms with Crippen LogP contribution in [0.4, 0.5) is 0 Å². The fourth-order valence-corrected chi connectivity index (χ4v) is 5.90. The molecule has 2 N–H and O–H groups in total. The molecule has 3 heteroatoms. The molecule has 4 aliphatic carbocycles. The molecule has 3 nitrogen and oxygen atoms in total. The Kier molecular flexibility index (Phi) is 2.95. The molecular weight excluding hydrogens is 246 g/mol. The van der Waals surface area contributed by atoms with E-state index in [1.165, 1.54) is 37.8 Å². The van der Waals surface area contributed by atoms with E-state index >= 15 is 0 Å². The first-order valence-electron chi connectivity index (χ1n) is 8.35. The monoisotopic (exact) mass is 273 g/mol. The van der Waals surface area contributed by atoms with Crippen molar-refractivity contribution >= 4 is 0 Å². The van der Waals surface area contributed by atoms with E-state index in [4.69, 9.17) is 5.73 Å². The molecule has 1 unspecified atom stereocenters. The molecule has 0 saturated heterocycles. The van der Waals surface area contributed by atoms with Gasteiger partial charge in [0.15, 0.2) is 0 Å². The summed E-state index contributed by atoms with van der Waals surface area (Å²) in [7, 11) is 2.05. The Hall–Kier alpha value is -0.830. The maximum atomic E-state index is 6.67. The average Bonchev–Trinajstić information content (AvgIpc) is 2.66. The quantitative estimate of drug-likeness (QED) is 0.920. The van der Waals surface area contributed by atoms with Gasteiger partial charge in [0.05, 0.1) is 5.69 Å². The standard InChI is InChI=1S/C17H27N3/c1-10-3-15(20(2)19-10)9-16(18)17-13-5-11-4-12(7-13)8-14(17)6-11/h3,11-14,16-17H,4-9,18H2,1-2H3. The lowest BCUT2D eigenvalue weighted by atomic mass is 9.50. The zero-order chi connectivity index (χ0) is 13.9. The highest BCUT2D eigenvalue weighted by Crippen LogP contribution is 2.57. The van der Waals surface area contributed by atoms with Crippen molar-refractivity contribution < 1.29 is 0 Å². The van der Waals surface area contributed by atoms with E-state index in [1.54, 1.807) is 0 Å². The number of hydrogen-bond donors (Lipinski definition) is 1. The predicted molar refractivity (Wildman–Crippen MR) is 80.2 cm³/mol. The summed E-state index contributed by atoms with van der Waals surface area (Å²) in [5, 5.41) is 4.46. The van der Waals surface area contributed by atoms with Crippen molar-refractivity contribution in [2.75, 3.05) is 0 Å². The molecule has 0 radical (unpaired) electrons. The molecule has 1 heterocycles. The Labute approximate surface area is 121 Å². The van der Waals surface area contributed by atoms with Gasteiger partial charge in [0.2, 0.25) is 0 Å². The molecule has 4 aliphatic rings. The molecule has 110 valence electrons. The lowest BCUT2D eigenvalue weighted by molar-refractivity contribution is -0.0466. The van der Waals surface area contributed by atoms with E-state index in [1.807, 2.05) is 11.7 Å². The van der Waals surface area contributed by atoms with Crippen molar-refractivity contribution in [3.63, 3.8) is 0 Å². The van der Waals surface area contributed by atoms with Crippen LogP contribution in [-0.2, 0) is 13.5 Å². The molecule has 4 bridgehead atoms. The first-order valence-corrected chi connectivity index (χ1v) is 8.35. The number of aryl methyl sites for hydroxylation is 2. The molecule has 1 atom stereocenters. The van der Waals surface area contributed by atoms with Gasteiger partial charge in [-0.1, -0.05) is 0 Å². The first-order chi connectivity index (χ1) is 9.60. The predicted octanol–water partition coefficient (Wildman–Crippen LogP) is 2.67. The van der Waals surface area contributed by atoms with Crippen molar-refractivity contribution in [1.29, 1.82) is 0 Å². The topological polar surface area (TPSA) is 43.8 Å².